The molecule has 0 atom stereocenters. The van der Waals surface area contributed by atoms with Gasteiger partial charge in [-0.1, -0.05) is 60.1 Å². The molecule has 5 rings (SSSR count). The van der Waals surface area contributed by atoms with E-state index in [4.69, 9.17) is 11.6 Å². The van der Waals surface area contributed by atoms with Gasteiger partial charge in [-0.05, 0) is 29.7 Å². The van der Waals surface area contributed by atoms with Gasteiger partial charge in [-0.2, -0.15) is 9.40 Å². The largest absolute Gasteiger partial charge is 0.368 e. The number of piperazine rings is 1. The quantitative estimate of drug-likeness (QED) is 0.509. The van der Waals surface area contributed by atoms with Crippen molar-refractivity contribution in [3.8, 4) is 0 Å². The van der Waals surface area contributed by atoms with Crippen LogP contribution >= 0.6 is 11.6 Å². The molecule has 2 aliphatic heterocycles. The van der Waals surface area contributed by atoms with Crippen LogP contribution in [0.1, 0.15) is 22.3 Å². The SMILES string of the molecule is Cn1cc(C(=O)N2CC=C(c3ccccc3)CC2)c(S(=O)(=O)N2CCN(c3ccccc3Cl)CC2)n1. The number of amides is 1. The summed E-state index contributed by atoms with van der Waals surface area (Å²) in [5.74, 6) is -0.320. The van der Waals surface area contributed by atoms with Crippen molar-refractivity contribution in [2.75, 3.05) is 44.2 Å². The molecular weight excluding hydrogens is 498 g/mol. The monoisotopic (exact) mass is 525 g/mol. The van der Waals surface area contributed by atoms with E-state index < -0.39 is 10.0 Å². The zero-order valence-corrected chi connectivity index (χ0v) is 21.6. The van der Waals surface area contributed by atoms with Crippen LogP contribution in [0, 0.1) is 0 Å². The van der Waals surface area contributed by atoms with E-state index in [0.29, 0.717) is 37.6 Å². The maximum Gasteiger partial charge on any atom is 0.263 e. The lowest BCUT2D eigenvalue weighted by Crippen LogP contribution is -2.49. The number of anilines is 1. The van der Waals surface area contributed by atoms with Crippen molar-refractivity contribution in [2.45, 2.75) is 11.4 Å². The standard InChI is InChI=1S/C26H28ClN5O3S/c1-29-19-22(26(33)31-13-11-21(12-14-31)20-7-3-2-4-8-20)25(28-29)36(34,35)32-17-15-30(16-18-32)24-10-6-5-9-23(24)27/h2-11,19H,12-18H2,1H3. The van der Waals surface area contributed by atoms with E-state index in [1.165, 1.54) is 20.8 Å². The molecule has 0 aliphatic carbocycles. The maximum atomic E-state index is 13.6. The van der Waals surface area contributed by atoms with Crippen molar-refractivity contribution in [1.82, 2.24) is 19.0 Å². The van der Waals surface area contributed by atoms with Crippen LogP contribution in [0.3, 0.4) is 0 Å². The van der Waals surface area contributed by atoms with Crippen molar-refractivity contribution in [3.05, 3.63) is 83.0 Å². The summed E-state index contributed by atoms with van der Waals surface area (Å²) in [6.07, 6.45) is 4.25. The Hall–Kier alpha value is -3.14. The lowest BCUT2D eigenvalue weighted by Gasteiger charge is -2.35. The molecule has 1 aromatic heterocycles. The fraction of sp³-hybridized carbons (Fsp3) is 0.308. The molecule has 0 unspecified atom stereocenters. The number of sulfonamides is 1. The normalized spacial score (nSPS) is 17.2. The molecule has 2 aliphatic rings. The predicted octanol–water partition coefficient (Wildman–Crippen LogP) is 3.51. The lowest BCUT2D eigenvalue weighted by atomic mass is 9.99. The van der Waals surface area contributed by atoms with Gasteiger partial charge in [0.15, 0.2) is 0 Å². The first-order valence-electron chi connectivity index (χ1n) is 11.9. The van der Waals surface area contributed by atoms with Gasteiger partial charge >= 0.3 is 0 Å². The van der Waals surface area contributed by atoms with Gasteiger partial charge in [0, 0.05) is 52.5 Å². The van der Waals surface area contributed by atoms with E-state index >= 15 is 0 Å². The fourth-order valence-electron chi connectivity index (χ4n) is 4.74. The van der Waals surface area contributed by atoms with Gasteiger partial charge in [-0.15, -0.1) is 0 Å². The lowest BCUT2D eigenvalue weighted by molar-refractivity contribution is 0.0768. The summed E-state index contributed by atoms with van der Waals surface area (Å²) >= 11 is 6.32. The molecule has 188 valence electrons. The zero-order valence-electron chi connectivity index (χ0n) is 20.0. The average molecular weight is 526 g/mol. The number of para-hydroxylation sites is 1. The smallest absolute Gasteiger partial charge is 0.263 e. The molecule has 10 heteroatoms. The Morgan fingerprint density at radius 3 is 2.31 bits per heavy atom. The van der Waals surface area contributed by atoms with E-state index in [1.807, 2.05) is 48.5 Å². The molecule has 2 aromatic carbocycles. The summed E-state index contributed by atoms with van der Waals surface area (Å²) in [5, 5.41) is 4.67. The van der Waals surface area contributed by atoms with Crippen molar-refractivity contribution in [2.24, 2.45) is 7.05 Å². The fourth-order valence-corrected chi connectivity index (χ4v) is 6.54. The van der Waals surface area contributed by atoms with Gasteiger partial charge in [0.25, 0.3) is 15.9 Å². The number of rotatable bonds is 5. The number of hydrogen-bond acceptors (Lipinski definition) is 5. The molecule has 0 bridgehead atoms. The molecule has 3 aromatic rings. The highest BCUT2D eigenvalue weighted by Gasteiger charge is 2.36. The van der Waals surface area contributed by atoms with Crippen LogP contribution in [-0.4, -0.2) is 72.6 Å². The van der Waals surface area contributed by atoms with Gasteiger partial charge in [-0.25, -0.2) is 8.42 Å². The molecule has 3 heterocycles. The van der Waals surface area contributed by atoms with Crippen LogP contribution in [0.4, 0.5) is 5.69 Å². The van der Waals surface area contributed by atoms with Crippen molar-refractivity contribution >= 4 is 38.8 Å². The van der Waals surface area contributed by atoms with Crippen molar-refractivity contribution in [1.29, 1.82) is 0 Å². The van der Waals surface area contributed by atoms with Crippen molar-refractivity contribution < 1.29 is 13.2 Å². The minimum absolute atomic E-state index is 0.114. The summed E-state index contributed by atoms with van der Waals surface area (Å²) < 4.78 is 30.0. The van der Waals surface area contributed by atoms with Gasteiger partial charge < -0.3 is 9.80 Å². The van der Waals surface area contributed by atoms with E-state index in [0.717, 1.165) is 11.3 Å². The number of aromatic nitrogens is 2. The van der Waals surface area contributed by atoms with Gasteiger partial charge in [0.05, 0.1) is 16.3 Å². The molecule has 1 amide bonds. The predicted molar refractivity (Wildman–Crippen MR) is 141 cm³/mol. The molecular formula is C26H28ClN5O3S. The number of carbonyl (C=O) groups is 1. The van der Waals surface area contributed by atoms with Crippen LogP contribution in [0.2, 0.25) is 5.02 Å². The highest BCUT2D eigenvalue weighted by atomic mass is 35.5. The van der Waals surface area contributed by atoms with Crippen LogP contribution in [0.25, 0.3) is 5.57 Å². The molecule has 0 spiro atoms. The summed E-state index contributed by atoms with van der Waals surface area (Å²) in [7, 11) is -2.31. The Balaban J connectivity index is 1.32. The zero-order chi connectivity index (χ0) is 25.3. The number of hydrogen-bond donors (Lipinski definition) is 0. The Morgan fingerprint density at radius 1 is 0.944 bits per heavy atom. The maximum absolute atomic E-state index is 13.6. The molecule has 0 N–H and O–H groups in total. The summed E-state index contributed by atoms with van der Waals surface area (Å²) in [6.45, 7) is 2.50. The van der Waals surface area contributed by atoms with Gasteiger partial charge in [0.1, 0.15) is 0 Å². The molecule has 36 heavy (non-hydrogen) atoms. The second-order valence-corrected chi connectivity index (χ2v) is 11.2. The molecule has 1 fully saturated rings. The third kappa shape index (κ3) is 4.78. The number of aryl methyl sites for hydroxylation is 1. The Morgan fingerprint density at radius 2 is 1.64 bits per heavy atom. The van der Waals surface area contributed by atoms with E-state index in [2.05, 4.69) is 22.1 Å². The highest BCUT2D eigenvalue weighted by Crippen LogP contribution is 2.29. The van der Waals surface area contributed by atoms with E-state index in [1.54, 1.807) is 11.9 Å². The first-order chi connectivity index (χ1) is 17.3. The summed E-state index contributed by atoms with van der Waals surface area (Å²) in [4.78, 5) is 17.2. The van der Waals surface area contributed by atoms with Gasteiger partial charge in [0.2, 0.25) is 5.03 Å². The van der Waals surface area contributed by atoms with Crippen LogP contribution < -0.4 is 4.90 Å². The van der Waals surface area contributed by atoms with Crippen molar-refractivity contribution in [3.63, 3.8) is 0 Å². The minimum Gasteiger partial charge on any atom is -0.368 e. The third-order valence-electron chi connectivity index (χ3n) is 6.68. The van der Waals surface area contributed by atoms with Crippen LogP contribution in [-0.2, 0) is 17.1 Å². The Bertz CT molecular complexity index is 1400. The molecule has 1 saturated heterocycles. The molecule has 0 radical (unpaired) electrons. The Kier molecular flexibility index (Phi) is 6.87. The third-order valence-corrected chi connectivity index (χ3v) is 8.84. The number of nitrogens with zero attached hydrogens (tertiary/aromatic N) is 5. The van der Waals surface area contributed by atoms with Gasteiger partial charge in [-0.3, -0.25) is 9.48 Å². The highest BCUT2D eigenvalue weighted by molar-refractivity contribution is 7.89. The number of carbonyl (C=O) groups excluding carboxylic acids is 1. The second-order valence-electron chi connectivity index (χ2n) is 8.96. The molecule has 0 saturated carbocycles. The number of halogens is 1. The Labute approximate surface area is 216 Å². The van der Waals surface area contributed by atoms with Crippen LogP contribution in [0.5, 0.6) is 0 Å². The van der Waals surface area contributed by atoms with E-state index in [9.17, 15) is 13.2 Å². The first kappa shape index (κ1) is 24.5. The second kappa shape index (κ2) is 10.1. The van der Waals surface area contributed by atoms with Crippen LogP contribution in [0.15, 0.2) is 71.9 Å². The average Bonchev–Trinajstić information content (AvgIpc) is 3.32. The summed E-state index contributed by atoms with van der Waals surface area (Å²) in [5.41, 5.74) is 3.33. The topological polar surface area (TPSA) is 78.8 Å². The first-order valence-corrected chi connectivity index (χ1v) is 13.7. The summed E-state index contributed by atoms with van der Waals surface area (Å²) in [6, 6.07) is 17.6. The van der Waals surface area contributed by atoms with E-state index in [-0.39, 0.29) is 29.6 Å². The molecule has 8 nitrogen and oxygen atoms in total. The minimum atomic E-state index is -3.95. The number of benzene rings is 2.